The van der Waals surface area contributed by atoms with Crippen LogP contribution in [0.15, 0.2) is 18.3 Å². The van der Waals surface area contributed by atoms with Crippen molar-refractivity contribution in [3.63, 3.8) is 0 Å². The number of carbonyl (C=O) groups is 1. The van der Waals surface area contributed by atoms with Gasteiger partial charge in [0, 0.05) is 18.8 Å². The van der Waals surface area contributed by atoms with E-state index in [9.17, 15) is 9.90 Å². The molecule has 1 heterocycles. The molecule has 102 valence electrons. The molecule has 0 aliphatic heterocycles. The third-order valence-electron chi connectivity index (χ3n) is 3.42. The van der Waals surface area contributed by atoms with E-state index >= 15 is 0 Å². The lowest BCUT2D eigenvalue weighted by Crippen LogP contribution is -2.44. The molecule has 1 rings (SSSR count). The van der Waals surface area contributed by atoms with Crippen LogP contribution in [-0.4, -0.2) is 27.7 Å². The first-order valence-electron chi connectivity index (χ1n) is 6.43. The minimum Gasteiger partial charge on any atom is -0.388 e. The van der Waals surface area contributed by atoms with Crippen molar-refractivity contribution in [3.8, 4) is 0 Å². The van der Waals surface area contributed by atoms with Crippen molar-refractivity contribution in [2.24, 2.45) is 5.92 Å². The molecule has 0 spiro atoms. The van der Waals surface area contributed by atoms with Crippen LogP contribution in [0.3, 0.4) is 0 Å². The van der Waals surface area contributed by atoms with Crippen molar-refractivity contribution in [1.82, 2.24) is 9.88 Å². The number of aromatic nitrogens is 1. The number of hydrogen-bond donors (Lipinski definition) is 2. The Morgan fingerprint density at radius 1 is 1.44 bits per heavy atom. The molecule has 2 N–H and O–H groups in total. The highest BCUT2D eigenvalue weighted by atomic mass is 16.3. The van der Waals surface area contributed by atoms with Gasteiger partial charge in [0.1, 0.15) is 5.69 Å². The molecule has 0 saturated carbocycles. The van der Waals surface area contributed by atoms with Gasteiger partial charge in [0.25, 0.3) is 5.91 Å². The van der Waals surface area contributed by atoms with Crippen molar-refractivity contribution in [2.45, 2.75) is 46.3 Å². The van der Waals surface area contributed by atoms with Crippen molar-refractivity contribution >= 4 is 5.91 Å². The summed E-state index contributed by atoms with van der Waals surface area (Å²) in [6.07, 6.45) is 1.89. The Morgan fingerprint density at radius 3 is 2.56 bits per heavy atom. The number of nitrogens with zero attached hydrogens (tertiary/aromatic N) is 1. The van der Waals surface area contributed by atoms with Gasteiger partial charge in [-0.1, -0.05) is 13.8 Å². The fourth-order valence-corrected chi connectivity index (χ4v) is 1.59. The second-order valence-electron chi connectivity index (χ2n) is 5.59. The Hall–Kier alpha value is -1.29. The number of carbonyl (C=O) groups excluding carboxylic acids is 1. The fraction of sp³-hybridized carbons (Fsp3) is 0.643. The monoisotopic (exact) mass is 252 g/mol. The van der Waals surface area contributed by atoms with Crippen molar-refractivity contribution in [3.05, 3.63) is 24.0 Å². The maximum absolute atomic E-state index is 12.1. The summed E-state index contributed by atoms with van der Waals surface area (Å²) in [5, 5.41) is 12.9. The highest BCUT2D eigenvalue weighted by Crippen LogP contribution is 2.15. The zero-order valence-electron chi connectivity index (χ0n) is 11.9. The summed E-state index contributed by atoms with van der Waals surface area (Å²) in [6, 6.07) is 3.89. The molecule has 0 aliphatic carbocycles. The summed E-state index contributed by atoms with van der Waals surface area (Å²) >= 11 is 0. The van der Waals surface area contributed by atoms with Crippen LogP contribution in [0.2, 0.25) is 0 Å². The van der Waals surface area contributed by atoms with E-state index in [1.54, 1.807) is 13.0 Å². The van der Waals surface area contributed by atoms with Gasteiger partial charge >= 0.3 is 0 Å². The second-order valence-corrected chi connectivity index (χ2v) is 5.59. The first-order chi connectivity index (χ1) is 8.25. The van der Waals surface area contributed by atoms with Crippen LogP contribution in [-0.2, 0) is 0 Å². The highest BCUT2D eigenvalue weighted by Gasteiger charge is 2.26. The molecular weight excluding hydrogens is 228 g/mol. The molecule has 0 saturated heterocycles. The van der Waals surface area contributed by atoms with Crippen molar-refractivity contribution < 1.29 is 9.90 Å². The van der Waals surface area contributed by atoms with Crippen molar-refractivity contribution in [2.75, 3.05) is 6.54 Å². The smallest absolute Gasteiger partial charge is 0.268 e. The van der Waals surface area contributed by atoms with Crippen LogP contribution in [0, 0.1) is 5.92 Å². The number of amides is 1. The van der Waals surface area contributed by atoms with Crippen LogP contribution in [0.1, 0.15) is 51.1 Å². The summed E-state index contributed by atoms with van der Waals surface area (Å²) in [5.74, 6) is -0.0516. The number of hydrogen-bond acceptors (Lipinski definition) is 2. The van der Waals surface area contributed by atoms with E-state index in [-0.39, 0.29) is 24.4 Å². The van der Waals surface area contributed by atoms with E-state index in [1.165, 1.54) is 0 Å². The average Bonchev–Trinajstić information content (AvgIpc) is 2.74. The molecule has 4 nitrogen and oxygen atoms in total. The molecule has 0 aliphatic rings. The Labute approximate surface area is 109 Å². The number of nitrogens with one attached hydrogen (secondary N) is 1. The van der Waals surface area contributed by atoms with E-state index in [4.69, 9.17) is 0 Å². The van der Waals surface area contributed by atoms with Gasteiger partial charge in [-0.25, -0.2) is 0 Å². The number of aliphatic hydroxyl groups is 1. The molecule has 0 aromatic carbocycles. The third-order valence-corrected chi connectivity index (χ3v) is 3.42. The zero-order chi connectivity index (χ0) is 13.9. The lowest BCUT2D eigenvalue weighted by molar-refractivity contribution is 0.0141. The van der Waals surface area contributed by atoms with Crippen LogP contribution in [0.5, 0.6) is 0 Å². The summed E-state index contributed by atoms with van der Waals surface area (Å²) in [4.78, 5) is 12.1. The number of rotatable bonds is 5. The molecule has 1 atom stereocenters. The predicted molar refractivity (Wildman–Crippen MR) is 72.6 cm³/mol. The van der Waals surface area contributed by atoms with Crippen LogP contribution in [0.4, 0.5) is 0 Å². The molecule has 1 unspecified atom stereocenters. The van der Waals surface area contributed by atoms with Gasteiger partial charge in [-0.15, -0.1) is 0 Å². The van der Waals surface area contributed by atoms with Gasteiger partial charge in [-0.05, 0) is 38.8 Å². The molecule has 0 fully saturated rings. The first kappa shape index (κ1) is 14.8. The first-order valence-corrected chi connectivity index (χ1v) is 6.43. The zero-order valence-corrected chi connectivity index (χ0v) is 11.9. The van der Waals surface area contributed by atoms with Crippen LogP contribution >= 0.6 is 0 Å². The largest absolute Gasteiger partial charge is 0.388 e. The van der Waals surface area contributed by atoms with Gasteiger partial charge in [0.2, 0.25) is 0 Å². The lowest BCUT2D eigenvalue weighted by Gasteiger charge is -2.28. The van der Waals surface area contributed by atoms with Crippen LogP contribution in [0.25, 0.3) is 0 Å². The average molecular weight is 252 g/mol. The Morgan fingerprint density at radius 2 is 2.06 bits per heavy atom. The molecule has 0 radical (unpaired) electrons. The van der Waals surface area contributed by atoms with E-state index in [1.807, 2.05) is 44.5 Å². The molecule has 1 aromatic heterocycles. The summed E-state index contributed by atoms with van der Waals surface area (Å²) in [6.45, 7) is 9.92. The minimum atomic E-state index is -0.884. The van der Waals surface area contributed by atoms with E-state index in [2.05, 4.69) is 5.32 Å². The second kappa shape index (κ2) is 5.57. The Kier molecular flexibility index (Phi) is 4.57. The normalized spacial score (nSPS) is 14.9. The summed E-state index contributed by atoms with van der Waals surface area (Å²) in [7, 11) is 0. The maximum Gasteiger partial charge on any atom is 0.268 e. The quantitative estimate of drug-likeness (QED) is 0.844. The Balaban J connectivity index is 2.69. The SMILES string of the molecule is CC(C)n1cccc1C(=O)NCC(C)(O)C(C)C. The van der Waals surface area contributed by atoms with Gasteiger partial charge in [-0.3, -0.25) is 4.79 Å². The predicted octanol–water partition coefficient (Wildman–Crippen LogP) is 2.21. The molecule has 1 amide bonds. The highest BCUT2D eigenvalue weighted by molar-refractivity contribution is 5.92. The molecule has 1 aromatic rings. The van der Waals surface area contributed by atoms with Gasteiger partial charge in [0.05, 0.1) is 5.60 Å². The standard InChI is InChI=1S/C14H24N2O2/c1-10(2)14(5,18)9-15-13(17)12-7-6-8-16(12)11(3)4/h6-8,10-11,18H,9H2,1-5H3,(H,15,17). The lowest BCUT2D eigenvalue weighted by atomic mass is 9.92. The molecule has 18 heavy (non-hydrogen) atoms. The van der Waals surface area contributed by atoms with Crippen molar-refractivity contribution in [1.29, 1.82) is 0 Å². The maximum atomic E-state index is 12.1. The molecular formula is C14H24N2O2. The van der Waals surface area contributed by atoms with E-state index in [0.29, 0.717) is 5.69 Å². The van der Waals surface area contributed by atoms with E-state index < -0.39 is 5.60 Å². The van der Waals surface area contributed by atoms with Gasteiger partial charge in [-0.2, -0.15) is 0 Å². The Bertz CT molecular complexity index is 406. The van der Waals surface area contributed by atoms with Gasteiger partial charge in [0.15, 0.2) is 0 Å². The van der Waals surface area contributed by atoms with E-state index in [0.717, 1.165) is 0 Å². The minimum absolute atomic E-state index is 0.0923. The molecule has 0 bridgehead atoms. The summed E-state index contributed by atoms with van der Waals surface area (Å²) in [5.41, 5.74) is -0.255. The van der Waals surface area contributed by atoms with Gasteiger partial charge < -0.3 is 15.0 Å². The summed E-state index contributed by atoms with van der Waals surface area (Å²) < 4.78 is 1.92. The fourth-order valence-electron chi connectivity index (χ4n) is 1.59. The molecule has 4 heteroatoms. The third kappa shape index (κ3) is 3.35. The van der Waals surface area contributed by atoms with Crippen LogP contribution < -0.4 is 5.32 Å². The topological polar surface area (TPSA) is 54.3 Å².